The second kappa shape index (κ2) is 5.40. The summed E-state index contributed by atoms with van der Waals surface area (Å²) in [6.07, 6.45) is 1.63. The summed E-state index contributed by atoms with van der Waals surface area (Å²) in [5.41, 5.74) is 0.0809. The van der Waals surface area contributed by atoms with Crippen molar-refractivity contribution in [2.24, 2.45) is 0 Å². The highest BCUT2D eigenvalue weighted by Crippen LogP contribution is 2.22. The molecule has 0 aromatic carbocycles. The zero-order valence-corrected chi connectivity index (χ0v) is 10.9. The zero-order valence-electron chi connectivity index (χ0n) is 9.31. The summed E-state index contributed by atoms with van der Waals surface area (Å²) in [5, 5.41) is 12.4. The number of hydrogen-bond acceptors (Lipinski definition) is 5. The van der Waals surface area contributed by atoms with Crippen molar-refractivity contribution in [3.63, 3.8) is 0 Å². The monoisotopic (exact) mass is 262 g/mol. The molecule has 1 heterocycles. The van der Waals surface area contributed by atoms with Gasteiger partial charge in [-0.3, -0.25) is 4.21 Å². The van der Waals surface area contributed by atoms with E-state index in [4.69, 9.17) is 5.11 Å². The Kier molecular flexibility index (Phi) is 4.43. The van der Waals surface area contributed by atoms with Crippen molar-refractivity contribution in [3.05, 3.63) is 10.6 Å². The number of hydrogen-bond donors (Lipinski definition) is 2. The van der Waals surface area contributed by atoms with Crippen LogP contribution < -0.4 is 5.32 Å². The Bertz CT molecular complexity index is 417. The van der Waals surface area contributed by atoms with Crippen molar-refractivity contribution in [1.29, 1.82) is 0 Å². The SMILES string of the molecule is Cc1sc(NC(C)CS(C)=O)nc1C(=O)O. The van der Waals surface area contributed by atoms with E-state index in [1.165, 1.54) is 11.3 Å². The molecule has 16 heavy (non-hydrogen) atoms. The number of anilines is 1. The molecule has 0 bridgehead atoms. The lowest BCUT2D eigenvalue weighted by atomic mass is 10.4. The van der Waals surface area contributed by atoms with Crippen LogP contribution in [-0.4, -0.2) is 38.3 Å². The third-order valence-electron chi connectivity index (χ3n) is 1.85. The average molecular weight is 262 g/mol. The van der Waals surface area contributed by atoms with E-state index in [0.717, 1.165) is 0 Å². The molecular formula is C9H14N2O3S2. The van der Waals surface area contributed by atoms with Crippen molar-refractivity contribution in [2.75, 3.05) is 17.3 Å². The Balaban J connectivity index is 2.71. The van der Waals surface area contributed by atoms with Gasteiger partial charge in [0.2, 0.25) is 0 Å². The Morgan fingerprint density at radius 1 is 1.69 bits per heavy atom. The lowest BCUT2D eigenvalue weighted by molar-refractivity contribution is 0.0690. The molecule has 0 fully saturated rings. The zero-order chi connectivity index (χ0) is 12.3. The third-order valence-corrected chi connectivity index (χ3v) is 3.73. The number of rotatable bonds is 5. The van der Waals surface area contributed by atoms with Gasteiger partial charge in [0.05, 0.1) is 0 Å². The summed E-state index contributed by atoms with van der Waals surface area (Å²) in [6, 6.07) is 0.0121. The lowest BCUT2D eigenvalue weighted by Gasteiger charge is -2.10. The molecule has 0 aliphatic heterocycles. The summed E-state index contributed by atoms with van der Waals surface area (Å²) in [5.74, 6) is -0.505. The highest BCUT2D eigenvalue weighted by molar-refractivity contribution is 7.84. The van der Waals surface area contributed by atoms with Crippen molar-refractivity contribution in [1.82, 2.24) is 4.98 Å². The smallest absolute Gasteiger partial charge is 0.355 e. The van der Waals surface area contributed by atoms with Gasteiger partial charge in [0, 0.05) is 33.7 Å². The van der Waals surface area contributed by atoms with Crippen LogP contribution in [0.2, 0.25) is 0 Å². The van der Waals surface area contributed by atoms with Gasteiger partial charge in [-0.15, -0.1) is 11.3 Å². The van der Waals surface area contributed by atoms with Gasteiger partial charge < -0.3 is 10.4 Å². The van der Waals surface area contributed by atoms with Crippen molar-refractivity contribution < 1.29 is 14.1 Å². The highest BCUT2D eigenvalue weighted by atomic mass is 32.2. The van der Waals surface area contributed by atoms with Crippen molar-refractivity contribution >= 4 is 33.2 Å². The minimum atomic E-state index is -1.02. The first-order chi connectivity index (χ1) is 7.40. The van der Waals surface area contributed by atoms with E-state index in [9.17, 15) is 9.00 Å². The molecule has 5 nitrogen and oxygen atoms in total. The largest absolute Gasteiger partial charge is 0.476 e. The minimum absolute atomic E-state index is 0.0121. The molecule has 2 atom stereocenters. The van der Waals surface area contributed by atoms with E-state index >= 15 is 0 Å². The number of aryl methyl sites for hydroxylation is 1. The molecular weight excluding hydrogens is 248 g/mol. The summed E-state index contributed by atoms with van der Waals surface area (Å²) in [6.45, 7) is 3.60. The Labute approximate surface area is 100 Å². The molecule has 1 aromatic heterocycles. The van der Waals surface area contributed by atoms with Crippen LogP contribution >= 0.6 is 11.3 Å². The van der Waals surface area contributed by atoms with E-state index in [2.05, 4.69) is 10.3 Å². The maximum Gasteiger partial charge on any atom is 0.355 e. The number of nitrogens with zero attached hydrogens (tertiary/aromatic N) is 1. The van der Waals surface area contributed by atoms with Gasteiger partial charge in [-0.25, -0.2) is 9.78 Å². The van der Waals surface area contributed by atoms with Gasteiger partial charge >= 0.3 is 5.97 Å². The first-order valence-corrected chi connectivity index (χ1v) is 7.21. The van der Waals surface area contributed by atoms with Crippen LogP contribution in [0.4, 0.5) is 5.13 Å². The number of thiazole rings is 1. The standard InChI is InChI=1S/C9H14N2O3S2/c1-5(4-16(3)14)10-9-11-7(8(12)13)6(2)15-9/h5H,4H2,1-3H3,(H,10,11)(H,12,13). The van der Waals surface area contributed by atoms with Crippen molar-refractivity contribution in [2.45, 2.75) is 19.9 Å². The van der Waals surface area contributed by atoms with E-state index in [1.54, 1.807) is 13.2 Å². The Morgan fingerprint density at radius 3 is 2.75 bits per heavy atom. The molecule has 0 saturated carbocycles. The Morgan fingerprint density at radius 2 is 2.31 bits per heavy atom. The molecule has 2 unspecified atom stereocenters. The number of carboxylic acid groups (broad SMARTS) is 1. The number of aromatic nitrogens is 1. The number of aromatic carboxylic acids is 1. The number of nitrogens with one attached hydrogen (secondary N) is 1. The molecule has 0 amide bonds. The maximum atomic E-state index is 11.0. The van der Waals surface area contributed by atoms with Crippen LogP contribution in [0.15, 0.2) is 0 Å². The van der Waals surface area contributed by atoms with Crippen LogP contribution in [0.1, 0.15) is 22.3 Å². The molecule has 1 aromatic rings. The number of carbonyl (C=O) groups is 1. The second-order valence-corrected chi connectivity index (χ2v) is 6.20. The fourth-order valence-corrected chi connectivity index (χ4v) is 2.97. The molecule has 1 rings (SSSR count). The third kappa shape index (κ3) is 3.57. The summed E-state index contributed by atoms with van der Waals surface area (Å²) >= 11 is 1.30. The average Bonchev–Trinajstić information content (AvgIpc) is 2.44. The maximum absolute atomic E-state index is 11.0. The number of carboxylic acids is 1. The van der Waals surface area contributed by atoms with E-state index < -0.39 is 16.8 Å². The van der Waals surface area contributed by atoms with Crippen LogP contribution in [0.3, 0.4) is 0 Å². The van der Waals surface area contributed by atoms with Crippen LogP contribution in [0, 0.1) is 6.92 Å². The fraction of sp³-hybridized carbons (Fsp3) is 0.556. The van der Waals surface area contributed by atoms with Crippen LogP contribution in [-0.2, 0) is 10.8 Å². The molecule has 90 valence electrons. The molecule has 0 aliphatic rings. The molecule has 0 spiro atoms. The summed E-state index contributed by atoms with van der Waals surface area (Å²) in [4.78, 5) is 15.4. The summed E-state index contributed by atoms with van der Waals surface area (Å²) in [7, 11) is -0.879. The van der Waals surface area contributed by atoms with E-state index in [-0.39, 0.29) is 11.7 Å². The molecule has 2 N–H and O–H groups in total. The van der Waals surface area contributed by atoms with Crippen LogP contribution in [0.25, 0.3) is 0 Å². The summed E-state index contributed by atoms with van der Waals surface area (Å²) < 4.78 is 11.0. The lowest BCUT2D eigenvalue weighted by Crippen LogP contribution is -2.22. The quantitative estimate of drug-likeness (QED) is 0.837. The van der Waals surface area contributed by atoms with Crippen LogP contribution in [0.5, 0.6) is 0 Å². The van der Waals surface area contributed by atoms with Gasteiger partial charge in [0.25, 0.3) is 0 Å². The minimum Gasteiger partial charge on any atom is -0.476 e. The van der Waals surface area contributed by atoms with Crippen molar-refractivity contribution in [3.8, 4) is 0 Å². The first kappa shape index (κ1) is 13.1. The Hall–Kier alpha value is -0.950. The van der Waals surface area contributed by atoms with E-state index in [1.807, 2.05) is 6.92 Å². The predicted octanol–water partition coefficient (Wildman–Crippen LogP) is 1.33. The van der Waals surface area contributed by atoms with Gasteiger partial charge in [0.1, 0.15) is 0 Å². The fourth-order valence-electron chi connectivity index (χ4n) is 1.26. The highest BCUT2D eigenvalue weighted by Gasteiger charge is 2.15. The second-order valence-electron chi connectivity index (χ2n) is 3.51. The van der Waals surface area contributed by atoms with E-state index in [0.29, 0.717) is 15.8 Å². The van der Waals surface area contributed by atoms with Gasteiger partial charge in [-0.05, 0) is 13.8 Å². The molecule has 0 aliphatic carbocycles. The molecule has 7 heteroatoms. The van der Waals surface area contributed by atoms with Gasteiger partial charge in [0.15, 0.2) is 10.8 Å². The predicted molar refractivity (Wildman–Crippen MR) is 65.8 cm³/mol. The van der Waals surface area contributed by atoms with Gasteiger partial charge in [-0.1, -0.05) is 0 Å². The normalized spacial score (nSPS) is 14.4. The molecule has 0 radical (unpaired) electrons. The topological polar surface area (TPSA) is 79.3 Å². The molecule has 0 saturated heterocycles. The first-order valence-electron chi connectivity index (χ1n) is 4.67. The van der Waals surface area contributed by atoms with Gasteiger partial charge in [-0.2, -0.15) is 0 Å².